The van der Waals surface area contributed by atoms with Gasteiger partial charge in [-0.1, -0.05) is 16.8 Å². The second kappa shape index (κ2) is 6.98. The SMILES string of the molecule is O=[N+]([O-])c1ccc(-c2noc(COc3ccc(Cl)cc3Br)n2)cc1. The quantitative estimate of drug-likeness (QED) is 0.449. The Morgan fingerprint density at radius 2 is 2.00 bits per heavy atom. The van der Waals surface area contributed by atoms with E-state index in [9.17, 15) is 10.1 Å². The van der Waals surface area contributed by atoms with Crippen molar-refractivity contribution >= 4 is 33.2 Å². The van der Waals surface area contributed by atoms with E-state index in [4.69, 9.17) is 20.9 Å². The Kier molecular flexibility index (Phi) is 4.77. The number of nitro groups is 1. The number of hydrogen-bond acceptors (Lipinski definition) is 6. The molecule has 3 aromatic rings. The molecule has 3 rings (SSSR count). The third kappa shape index (κ3) is 3.72. The molecule has 122 valence electrons. The molecular formula is C15H9BrClN3O4. The normalized spacial score (nSPS) is 10.6. The Bertz CT molecular complexity index is 883. The molecule has 0 spiro atoms. The van der Waals surface area contributed by atoms with Crippen LogP contribution in [0.25, 0.3) is 11.4 Å². The fourth-order valence-corrected chi connectivity index (χ4v) is 2.69. The van der Waals surface area contributed by atoms with Gasteiger partial charge in [0, 0.05) is 22.7 Å². The lowest BCUT2D eigenvalue weighted by Crippen LogP contribution is -1.96. The van der Waals surface area contributed by atoms with Gasteiger partial charge in [-0.3, -0.25) is 10.1 Å². The van der Waals surface area contributed by atoms with Crippen LogP contribution >= 0.6 is 27.5 Å². The molecule has 0 aliphatic rings. The third-order valence-corrected chi connectivity index (χ3v) is 3.90. The summed E-state index contributed by atoms with van der Waals surface area (Å²) in [6.07, 6.45) is 0. The van der Waals surface area contributed by atoms with Gasteiger partial charge in [0.2, 0.25) is 5.82 Å². The van der Waals surface area contributed by atoms with Gasteiger partial charge >= 0.3 is 0 Å². The fraction of sp³-hybridized carbons (Fsp3) is 0.0667. The zero-order valence-electron chi connectivity index (χ0n) is 12.0. The summed E-state index contributed by atoms with van der Waals surface area (Å²) in [6.45, 7) is 0.0835. The number of nitro benzene ring substituents is 1. The van der Waals surface area contributed by atoms with Gasteiger partial charge < -0.3 is 9.26 Å². The number of halogens is 2. The van der Waals surface area contributed by atoms with Crippen molar-refractivity contribution in [2.45, 2.75) is 6.61 Å². The molecule has 1 aromatic heterocycles. The Morgan fingerprint density at radius 1 is 1.25 bits per heavy atom. The summed E-state index contributed by atoms with van der Waals surface area (Å²) < 4.78 is 11.4. The Labute approximate surface area is 149 Å². The molecule has 24 heavy (non-hydrogen) atoms. The molecule has 0 fully saturated rings. The molecule has 0 radical (unpaired) electrons. The molecule has 0 atom stereocenters. The van der Waals surface area contributed by atoms with Crippen LogP contribution in [-0.2, 0) is 6.61 Å². The van der Waals surface area contributed by atoms with Crippen LogP contribution in [0.2, 0.25) is 5.02 Å². The fourth-order valence-electron chi connectivity index (χ4n) is 1.89. The van der Waals surface area contributed by atoms with Gasteiger partial charge in [-0.05, 0) is 46.3 Å². The summed E-state index contributed by atoms with van der Waals surface area (Å²) in [6, 6.07) is 11.0. The van der Waals surface area contributed by atoms with E-state index in [-0.39, 0.29) is 18.2 Å². The smallest absolute Gasteiger partial charge is 0.269 e. The summed E-state index contributed by atoms with van der Waals surface area (Å²) >= 11 is 9.22. The second-order valence-corrected chi connectivity index (χ2v) is 5.97. The van der Waals surface area contributed by atoms with Crippen LogP contribution in [0.15, 0.2) is 51.5 Å². The number of rotatable bonds is 5. The van der Waals surface area contributed by atoms with Crippen molar-refractivity contribution in [2.75, 3.05) is 0 Å². The summed E-state index contributed by atoms with van der Waals surface area (Å²) in [4.78, 5) is 14.4. The number of hydrogen-bond donors (Lipinski definition) is 0. The molecule has 7 nitrogen and oxygen atoms in total. The molecule has 1 heterocycles. The van der Waals surface area contributed by atoms with E-state index in [0.717, 1.165) is 0 Å². The molecule has 0 saturated heterocycles. The van der Waals surface area contributed by atoms with Crippen LogP contribution in [0.5, 0.6) is 5.75 Å². The Balaban J connectivity index is 1.70. The van der Waals surface area contributed by atoms with Crippen molar-refractivity contribution in [1.29, 1.82) is 0 Å². The number of ether oxygens (including phenoxy) is 1. The van der Waals surface area contributed by atoms with Crippen molar-refractivity contribution in [3.63, 3.8) is 0 Å². The highest BCUT2D eigenvalue weighted by Crippen LogP contribution is 2.28. The molecule has 2 aromatic carbocycles. The summed E-state index contributed by atoms with van der Waals surface area (Å²) in [5, 5.41) is 15.1. The van der Waals surface area contributed by atoms with Gasteiger partial charge in [-0.15, -0.1) is 0 Å². The summed E-state index contributed by atoms with van der Waals surface area (Å²) in [7, 11) is 0. The lowest BCUT2D eigenvalue weighted by Gasteiger charge is -2.05. The largest absolute Gasteiger partial charge is 0.483 e. The summed E-state index contributed by atoms with van der Waals surface area (Å²) in [5.41, 5.74) is 0.613. The van der Waals surface area contributed by atoms with Gasteiger partial charge in [0.1, 0.15) is 5.75 Å². The highest BCUT2D eigenvalue weighted by atomic mass is 79.9. The molecule has 0 unspecified atom stereocenters. The lowest BCUT2D eigenvalue weighted by atomic mass is 10.2. The van der Waals surface area contributed by atoms with E-state index in [1.54, 1.807) is 30.3 Å². The van der Waals surface area contributed by atoms with E-state index in [2.05, 4.69) is 26.1 Å². The first kappa shape index (κ1) is 16.4. The monoisotopic (exact) mass is 409 g/mol. The number of nitrogens with zero attached hydrogens (tertiary/aromatic N) is 3. The van der Waals surface area contributed by atoms with Crippen LogP contribution in [0.3, 0.4) is 0 Å². The Hall–Kier alpha value is -2.45. The predicted molar refractivity (Wildman–Crippen MR) is 89.9 cm³/mol. The minimum absolute atomic E-state index is 0.00149. The van der Waals surface area contributed by atoms with Crippen LogP contribution in [0.1, 0.15) is 5.89 Å². The highest BCUT2D eigenvalue weighted by molar-refractivity contribution is 9.10. The molecule has 9 heteroatoms. The van der Waals surface area contributed by atoms with Crippen molar-refractivity contribution in [1.82, 2.24) is 10.1 Å². The summed E-state index contributed by atoms with van der Waals surface area (Å²) in [5.74, 6) is 1.21. The van der Waals surface area contributed by atoms with Gasteiger partial charge in [-0.2, -0.15) is 4.98 Å². The van der Waals surface area contributed by atoms with Crippen LogP contribution in [0.4, 0.5) is 5.69 Å². The van der Waals surface area contributed by atoms with E-state index in [1.165, 1.54) is 12.1 Å². The molecule has 0 bridgehead atoms. The van der Waals surface area contributed by atoms with E-state index < -0.39 is 4.92 Å². The molecule has 0 aliphatic heterocycles. The van der Waals surface area contributed by atoms with Crippen LogP contribution in [0, 0.1) is 10.1 Å². The van der Waals surface area contributed by atoms with Crippen LogP contribution < -0.4 is 4.74 Å². The maximum Gasteiger partial charge on any atom is 0.269 e. The standard InChI is InChI=1S/C15H9BrClN3O4/c16-12-7-10(17)3-6-13(12)23-8-14-18-15(19-24-14)9-1-4-11(5-2-9)20(21)22/h1-7H,8H2. The van der Waals surface area contributed by atoms with E-state index in [1.807, 2.05) is 0 Å². The van der Waals surface area contributed by atoms with E-state index in [0.29, 0.717) is 26.6 Å². The van der Waals surface area contributed by atoms with Crippen molar-refractivity contribution in [3.05, 3.63) is 68.0 Å². The topological polar surface area (TPSA) is 91.3 Å². The predicted octanol–water partition coefficient (Wildman–Crippen LogP) is 4.64. The minimum Gasteiger partial charge on any atom is -0.483 e. The average molecular weight is 411 g/mol. The first-order valence-corrected chi connectivity index (χ1v) is 7.85. The van der Waals surface area contributed by atoms with Crippen molar-refractivity contribution < 1.29 is 14.2 Å². The zero-order chi connectivity index (χ0) is 17.1. The number of aromatic nitrogens is 2. The number of benzene rings is 2. The molecule has 0 amide bonds. The maximum absolute atomic E-state index is 10.6. The minimum atomic E-state index is -0.469. The molecule has 0 aliphatic carbocycles. The zero-order valence-corrected chi connectivity index (χ0v) is 14.3. The third-order valence-electron chi connectivity index (χ3n) is 3.05. The Morgan fingerprint density at radius 3 is 2.67 bits per heavy atom. The van der Waals surface area contributed by atoms with Crippen molar-refractivity contribution in [2.24, 2.45) is 0 Å². The first-order chi connectivity index (χ1) is 11.5. The maximum atomic E-state index is 10.6. The first-order valence-electron chi connectivity index (χ1n) is 6.68. The van der Waals surface area contributed by atoms with Gasteiger partial charge in [0.05, 0.1) is 9.40 Å². The number of non-ortho nitro benzene ring substituents is 1. The highest BCUT2D eigenvalue weighted by Gasteiger charge is 2.12. The lowest BCUT2D eigenvalue weighted by molar-refractivity contribution is -0.384. The van der Waals surface area contributed by atoms with Crippen LogP contribution in [-0.4, -0.2) is 15.1 Å². The van der Waals surface area contributed by atoms with Crippen molar-refractivity contribution in [3.8, 4) is 17.1 Å². The molecule has 0 saturated carbocycles. The molecule has 0 N–H and O–H groups in total. The second-order valence-electron chi connectivity index (χ2n) is 4.68. The van der Waals surface area contributed by atoms with Gasteiger partial charge in [-0.25, -0.2) is 0 Å². The van der Waals surface area contributed by atoms with E-state index >= 15 is 0 Å². The van der Waals surface area contributed by atoms with Gasteiger partial charge in [0.25, 0.3) is 11.6 Å². The average Bonchev–Trinajstić information content (AvgIpc) is 3.03. The van der Waals surface area contributed by atoms with Gasteiger partial charge in [0.15, 0.2) is 6.61 Å². The molecular weight excluding hydrogens is 402 g/mol.